The maximum atomic E-state index is 11.2. The summed E-state index contributed by atoms with van der Waals surface area (Å²) in [5, 5.41) is 11.7. The van der Waals surface area contributed by atoms with Crippen LogP contribution in [0.15, 0.2) is 18.2 Å². The minimum absolute atomic E-state index is 0.0579. The van der Waals surface area contributed by atoms with Crippen LogP contribution >= 0.6 is 0 Å². The molecule has 1 saturated heterocycles. The van der Waals surface area contributed by atoms with E-state index in [2.05, 4.69) is 11.4 Å². The Morgan fingerprint density at radius 1 is 1.41 bits per heavy atom. The highest BCUT2D eigenvalue weighted by atomic mass is 16.1. The van der Waals surface area contributed by atoms with E-state index in [1.807, 2.05) is 4.90 Å². The second kappa shape index (κ2) is 4.74. The number of hydrogen-bond donors (Lipinski definition) is 2. The molecule has 3 N–H and O–H groups in total. The summed E-state index contributed by atoms with van der Waals surface area (Å²) in [6, 6.07) is 7.29. The van der Waals surface area contributed by atoms with Crippen molar-refractivity contribution >= 4 is 17.3 Å². The van der Waals surface area contributed by atoms with Crippen molar-refractivity contribution in [1.82, 2.24) is 5.32 Å². The SMILES string of the molecule is N#Cc1ccc(N)c(N2CCNC(=O)CC2)c1. The van der Waals surface area contributed by atoms with Crippen molar-refractivity contribution in [3.63, 3.8) is 0 Å². The number of nitrogens with one attached hydrogen (secondary N) is 1. The molecule has 88 valence electrons. The predicted molar refractivity (Wildman–Crippen MR) is 65.4 cm³/mol. The number of nitrogens with two attached hydrogens (primary N) is 1. The molecular weight excluding hydrogens is 216 g/mol. The molecule has 0 aliphatic carbocycles. The molecule has 1 aromatic carbocycles. The maximum absolute atomic E-state index is 11.2. The fourth-order valence-electron chi connectivity index (χ4n) is 1.89. The molecule has 1 aliphatic rings. The Bertz CT molecular complexity index is 478. The Labute approximate surface area is 99.8 Å². The van der Waals surface area contributed by atoms with Crippen LogP contribution < -0.4 is 16.0 Å². The standard InChI is InChI=1S/C12H14N4O/c13-8-9-1-2-10(14)11(7-9)16-5-3-12(17)15-4-6-16/h1-2,7H,3-6,14H2,(H,15,17). The van der Waals surface area contributed by atoms with Gasteiger partial charge in [0.25, 0.3) is 0 Å². The summed E-state index contributed by atoms with van der Waals surface area (Å²) in [5.41, 5.74) is 7.96. The fraction of sp³-hybridized carbons (Fsp3) is 0.333. The molecule has 2 rings (SSSR count). The lowest BCUT2D eigenvalue weighted by atomic mass is 10.1. The fourth-order valence-corrected chi connectivity index (χ4v) is 1.89. The highest BCUT2D eigenvalue weighted by Crippen LogP contribution is 2.24. The van der Waals surface area contributed by atoms with Gasteiger partial charge in [-0.05, 0) is 18.2 Å². The normalized spacial score (nSPS) is 15.9. The lowest BCUT2D eigenvalue weighted by molar-refractivity contribution is -0.120. The van der Waals surface area contributed by atoms with Gasteiger partial charge in [0.2, 0.25) is 5.91 Å². The largest absolute Gasteiger partial charge is 0.397 e. The third kappa shape index (κ3) is 2.48. The van der Waals surface area contributed by atoms with Crippen molar-refractivity contribution in [3.05, 3.63) is 23.8 Å². The number of amides is 1. The molecule has 0 saturated carbocycles. The van der Waals surface area contributed by atoms with Crippen LogP contribution in [0.4, 0.5) is 11.4 Å². The Morgan fingerprint density at radius 3 is 3.00 bits per heavy atom. The van der Waals surface area contributed by atoms with E-state index < -0.39 is 0 Å². The molecule has 5 heteroatoms. The quantitative estimate of drug-likeness (QED) is 0.687. The third-order valence-corrected chi connectivity index (χ3v) is 2.81. The summed E-state index contributed by atoms with van der Waals surface area (Å²) in [5.74, 6) is 0.0579. The van der Waals surface area contributed by atoms with E-state index in [4.69, 9.17) is 11.0 Å². The first-order chi connectivity index (χ1) is 8.20. The topological polar surface area (TPSA) is 82.2 Å². The monoisotopic (exact) mass is 230 g/mol. The Morgan fingerprint density at radius 2 is 2.24 bits per heavy atom. The van der Waals surface area contributed by atoms with E-state index in [1.165, 1.54) is 0 Å². The van der Waals surface area contributed by atoms with Gasteiger partial charge in [-0.25, -0.2) is 0 Å². The van der Waals surface area contributed by atoms with Crippen molar-refractivity contribution in [2.75, 3.05) is 30.3 Å². The number of nitrogen functional groups attached to an aromatic ring is 1. The minimum atomic E-state index is 0.0579. The molecule has 1 aromatic rings. The van der Waals surface area contributed by atoms with Crippen LogP contribution in [0, 0.1) is 11.3 Å². The van der Waals surface area contributed by atoms with Gasteiger partial charge < -0.3 is 16.0 Å². The number of carbonyl (C=O) groups is 1. The number of anilines is 2. The van der Waals surface area contributed by atoms with Crippen LogP contribution in [-0.2, 0) is 4.79 Å². The molecule has 1 amide bonds. The van der Waals surface area contributed by atoms with Crippen molar-refractivity contribution in [3.8, 4) is 6.07 Å². The van der Waals surface area contributed by atoms with Crippen LogP contribution in [0.3, 0.4) is 0 Å². The van der Waals surface area contributed by atoms with E-state index in [0.29, 0.717) is 37.3 Å². The molecule has 5 nitrogen and oxygen atoms in total. The zero-order valence-corrected chi connectivity index (χ0v) is 9.44. The van der Waals surface area contributed by atoms with Crippen molar-refractivity contribution in [2.45, 2.75) is 6.42 Å². The van der Waals surface area contributed by atoms with E-state index in [0.717, 1.165) is 5.69 Å². The number of nitriles is 1. The van der Waals surface area contributed by atoms with Gasteiger partial charge in [-0.15, -0.1) is 0 Å². The summed E-state index contributed by atoms with van der Waals surface area (Å²) >= 11 is 0. The number of rotatable bonds is 1. The van der Waals surface area contributed by atoms with Crippen LogP contribution in [0.5, 0.6) is 0 Å². The molecule has 0 aromatic heterocycles. The summed E-state index contributed by atoms with van der Waals surface area (Å²) in [6.07, 6.45) is 0.455. The molecule has 1 fully saturated rings. The summed E-state index contributed by atoms with van der Waals surface area (Å²) in [4.78, 5) is 13.3. The first-order valence-electron chi connectivity index (χ1n) is 5.52. The van der Waals surface area contributed by atoms with E-state index in [-0.39, 0.29) is 5.91 Å². The lowest BCUT2D eigenvalue weighted by Crippen LogP contribution is -2.29. The first kappa shape index (κ1) is 11.3. The average molecular weight is 230 g/mol. The molecule has 0 unspecified atom stereocenters. The highest BCUT2D eigenvalue weighted by molar-refractivity contribution is 5.78. The second-order valence-corrected chi connectivity index (χ2v) is 3.97. The summed E-state index contributed by atoms with van der Waals surface area (Å²) < 4.78 is 0. The van der Waals surface area contributed by atoms with Gasteiger partial charge in [0.15, 0.2) is 0 Å². The van der Waals surface area contributed by atoms with Gasteiger partial charge in [-0.1, -0.05) is 0 Å². The molecule has 0 spiro atoms. The number of benzene rings is 1. The van der Waals surface area contributed by atoms with Crippen molar-refractivity contribution in [1.29, 1.82) is 5.26 Å². The molecule has 17 heavy (non-hydrogen) atoms. The Kier molecular flexibility index (Phi) is 3.15. The van der Waals surface area contributed by atoms with E-state index >= 15 is 0 Å². The van der Waals surface area contributed by atoms with Gasteiger partial charge in [0.05, 0.1) is 23.0 Å². The van der Waals surface area contributed by atoms with Crippen molar-refractivity contribution in [2.24, 2.45) is 0 Å². The maximum Gasteiger partial charge on any atom is 0.221 e. The Balaban J connectivity index is 2.26. The lowest BCUT2D eigenvalue weighted by Gasteiger charge is -2.23. The Hall–Kier alpha value is -2.22. The third-order valence-electron chi connectivity index (χ3n) is 2.81. The zero-order chi connectivity index (χ0) is 12.3. The van der Waals surface area contributed by atoms with Gasteiger partial charge in [0, 0.05) is 26.1 Å². The predicted octanol–water partition coefficient (Wildman–Crippen LogP) is 0.467. The first-order valence-corrected chi connectivity index (χ1v) is 5.52. The number of hydrogen-bond acceptors (Lipinski definition) is 4. The van der Waals surface area contributed by atoms with Gasteiger partial charge in [0.1, 0.15) is 0 Å². The zero-order valence-electron chi connectivity index (χ0n) is 9.44. The number of carbonyl (C=O) groups excluding carboxylic acids is 1. The van der Waals surface area contributed by atoms with Crippen LogP contribution in [0.25, 0.3) is 0 Å². The average Bonchev–Trinajstić information content (AvgIpc) is 2.55. The van der Waals surface area contributed by atoms with Crippen LogP contribution in [0.2, 0.25) is 0 Å². The highest BCUT2D eigenvalue weighted by Gasteiger charge is 2.15. The molecule has 0 atom stereocenters. The number of nitrogens with zero attached hydrogens (tertiary/aromatic N) is 2. The smallest absolute Gasteiger partial charge is 0.221 e. The molecule has 1 heterocycles. The molecular formula is C12H14N4O. The summed E-state index contributed by atoms with van der Waals surface area (Å²) in [6.45, 7) is 1.95. The molecule has 0 radical (unpaired) electrons. The molecule has 1 aliphatic heterocycles. The molecule has 0 bridgehead atoms. The van der Waals surface area contributed by atoms with Crippen LogP contribution in [0.1, 0.15) is 12.0 Å². The second-order valence-electron chi connectivity index (χ2n) is 3.97. The van der Waals surface area contributed by atoms with Crippen LogP contribution in [-0.4, -0.2) is 25.5 Å². The minimum Gasteiger partial charge on any atom is -0.397 e. The summed E-state index contributed by atoms with van der Waals surface area (Å²) in [7, 11) is 0. The van der Waals surface area contributed by atoms with Crippen molar-refractivity contribution < 1.29 is 4.79 Å². The van der Waals surface area contributed by atoms with Gasteiger partial charge >= 0.3 is 0 Å². The van der Waals surface area contributed by atoms with Gasteiger partial charge in [-0.3, -0.25) is 4.79 Å². The van der Waals surface area contributed by atoms with E-state index in [1.54, 1.807) is 18.2 Å². The van der Waals surface area contributed by atoms with E-state index in [9.17, 15) is 4.79 Å². The van der Waals surface area contributed by atoms with Gasteiger partial charge in [-0.2, -0.15) is 5.26 Å².